The van der Waals surface area contributed by atoms with Crippen LogP contribution in [0.25, 0.3) is 10.8 Å². The first-order chi connectivity index (χ1) is 10.5. The van der Waals surface area contributed by atoms with Gasteiger partial charge >= 0.3 is 6.03 Å². The standard InChI is InChI=1S/C17H22N2O2S/c1-17(21,12-22-2)11-19-16(20)18-10-13-7-8-14-5-3-4-6-15(14)9-13/h3-9,21H,10-12H2,1-2H3,(H2,18,19,20). The number of fused-ring (bicyclic) bond motifs is 1. The Morgan fingerprint density at radius 2 is 1.91 bits per heavy atom. The van der Waals surface area contributed by atoms with Gasteiger partial charge in [0.15, 0.2) is 0 Å². The first-order valence-corrected chi connectivity index (χ1v) is 8.60. The van der Waals surface area contributed by atoms with Crippen LogP contribution in [0.15, 0.2) is 42.5 Å². The highest BCUT2D eigenvalue weighted by molar-refractivity contribution is 7.98. The molecule has 0 saturated heterocycles. The Morgan fingerprint density at radius 1 is 1.18 bits per heavy atom. The Balaban J connectivity index is 1.85. The van der Waals surface area contributed by atoms with Gasteiger partial charge in [-0.3, -0.25) is 0 Å². The molecular formula is C17H22N2O2S. The van der Waals surface area contributed by atoms with Crippen LogP contribution < -0.4 is 10.6 Å². The number of thioether (sulfide) groups is 1. The summed E-state index contributed by atoms with van der Waals surface area (Å²) in [5, 5.41) is 17.9. The second-order valence-corrected chi connectivity index (χ2v) is 6.51. The number of rotatable bonds is 6. The molecule has 0 aliphatic heterocycles. The van der Waals surface area contributed by atoms with Gasteiger partial charge in [0.05, 0.1) is 5.60 Å². The van der Waals surface area contributed by atoms with E-state index < -0.39 is 5.60 Å². The van der Waals surface area contributed by atoms with Crippen molar-refractivity contribution in [3.05, 3.63) is 48.0 Å². The average Bonchev–Trinajstić information content (AvgIpc) is 2.51. The van der Waals surface area contributed by atoms with Gasteiger partial charge < -0.3 is 15.7 Å². The normalized spacial score (nSPS) is 13.6. The Kier molecular flexibility index (Phi) is 5.69. The van der Waals surface area contributed by atoms with Crippen LogP contribution in [0.2, 0.25) is 0 Å². The second kappa shape index (κ2) is 7.51. The largest absolute Gasteiger partial charge is 0.387 e. The first-order valence-electron chi connectivity index (χ1n) is 7.21. The number of hydrogen-bond acceptors (Lipinski definition) is 3. The maximum atomic E-state index is 11.8. The van der Waals surface area contributed by atoms with Crippen LogP contribution in [-0.2, 0) is 6.54 Å². The van der Waals surface area contributed by atoms with E-state index in [1.807, 2.05) is 30.5 Å². The van der Waals surface area contributed by atoms with Crippen LogP contribution in [0.4, 0.5) is 4.79 Å². The fraction of sp³-hybridized carbons (Fsp3) is 0.353. The molecular weight excluding hydrogens is 296 g/mol. The van der Waals surface area contributed by atoms with Gasteiger partial charge in [-0.05, 0) is 35.6 Å². The van der Waals surface area contributed by atoms with Gasteiger partial charge in [-0.15, -0.1) is 0 Å². The zero-order chi connectivity index (χ0) is 16.0. The van der Waals surface area contributed by atoms with Crippen molar-refractivity contribution in [1.82, 2.24) is 10.6 Å². The third-order valence-corrected chi connectivity index (χ3v) is 4.26. The fourth-order valence-corrected chi connectivity index (χ4v) is 2.95. The first kappa shape index (κ1) is 16.6. The number of benzene rings is 2. The molecule has 22 heavy (non-hydrogen) atoms. The molecule has 0 saturated carbocycles. The summed E-state index contributed by atoms with van der Waals surface area (Å²) < 4.78 is 0. The highest BCUT2D eigenvalue weighted by Crippen LogP contribution is 2.15. The molecule has 1 unspecified atom stereocenters. The van der Waals surface area contributed by atoms with Crippen LogP contribution in [-0.4, -0.2) is 35.3 Å². The summed E-state index contributed by atoms with van der Waals surface area (Å²) in [5.41, 5.74) is 0.157. The third-order valence-electron chi connectivity index (χ3n) is 3.35. The molecule has 2 aromatic carbocycles. The minimum Gasteiger partial charge on any atom is -0.387 e. The lowest BCUT2D eigenvalue weighted by molar-refractivity contribution is 0.0869. The second-order valence-electron chi connectivity index (χ2n) is 5.65. The molecule has 5 heteroatoms. The fourth-order valence-electron chi connectivity index (χ4n) is 2.23. The van der Waals surface area contributed by atoms with Crippen molar-refractivity contribution in [2.24, 2.45) is 0 Å². The minimum atomic E-state index is -0.889. The SMILES string of the molecule is CSCC(C)(O)CNC(=O)NCc1ccc2ccccc2c1. The molecule has 0 fully saturated rings. The lowest BCUT2D eigenvalue weighted by atomic mass is 10.1. The molecule has 0 aliphatic carbocycles. The Bertz CT molecular complexity index is 643. The topological polar surface area (TPSA) is 61.4 Å². The van der Waals surface area contributed by atoms with Crippen molar-refractivity contribution in [3.8, 4) is 0 Å². The molecule has 2 amide bonds. The van der Waals surface area contributed by atoms with E-state index in [9.17, 15) is 9.90 Å². The summed E-state index contributed by atoms with van der Waals surface area (Å²) in [4.78, 5) is 11.8. The number of aliphatic hydroxyl groups is 1. The number of carbonyl (C=O) groups is 1. The van der Waals surface area contributed by atoms with Crippen molar-refractivity contribution < 1.29 is 9.90 Å². The van der Waals surface area contributed by atoms with Gasteiger partial charge in [0.25, 0.3) is 0 Å². The summed E-state index contributed by atoms with van der Waals surface area (Å²) >= 11 is 1.55. The summed E-state index contributed by atoms with van der Waals surface area (Å²) in [6.45, 7) is 2.41. The van der Waals surface area contributed by atoms with Gasteiger partial charge in [-0.1, -0.05) is 36.4 Å². The van der Waals surface area contributed by atoms with E-state index in [1.54, 1.807) is 18.7 Å². The highest BCUT2D eigenvalue weighted by Gasteiger charge is 2.20. The quantitative estimate of drug-likeness (QED) is 0.767. The lowest BCUT2D eigenvalue weighted by Gasteiger charge is -2.22. The minimum absolute atomic E-state index is 0.234. The van der Waals surface area contributed by atoms with Crippen LogP contribution in [0.5, 0.6) is 0 Å². The summed E-state index contributed by atoms with van der Waals surface area (Å²) in [5.74, 6) is 0.581. The summed E-state index contributed by atoms with van der Waals surface area (Å²) in [6.07, 6.45) is 1.92. The number of amides is 2. The average molecular weight is 318 g/mol. The van der Waals surface area contributed by atoms with Crippen molar-refractivity contribution in [2.45, 2.75) is 19.1 Å². The van der Waals surface area contributed by atoms with Crippen LogP contribution in [0.1, 0.15) is 12.5 Å². The summed E-state index contributed by atoms with van der Waals surface area (Å²) in [6, 6.07) is 14.0. The van der Waals surface area contributed by atoms with Crippen LogP contribution in [0.3, 0.4) is 0 Å². The monoisotopic (exact) mass is 318 g/mol. The van der Waals surface area contributed by atoms with Crippen molar-refractivity contribution in [3.63, 3.8) is 0 Å². The zero-order valence-electron chi connectivity index (χ0n) is 12.9. The van der Waals surface area contributed by atoms with Crippen molar-refractivity contribution in [1.29, 1.82) is 0 Å². The van der Waals surface area contributed by atoms with E-state index >= 15 is 0 Å². The molecule has 0 bridgehead atoms. The maximum absolute atomic E-state index is 11.8. The van der Waals surface area contributed by atoms with E-state index in [2.05, 4.69) is 28.8 Å². The van der Waals surface area contributed by atoms with E-state index in [0.29, 0.717) is 12.3 Å². The van der Waals surface area contributed by atoms with Crippen LogP contribution >= 0.6 is 11.8 Å². The molecule has 0 radical (unpaired) electrons. The van der Waals surface area contributed by atoms with Crippen molar-refractivity contribution >= 4 is 28.6 Å². The molecule has 3 N–H and O–H groups in total. The Hall–Kier alpha value is -1.72. The molecule has 2 aromatic rings. The van der Waals surface area contributed by atoms with Crippen LogP contribution in [0, 0.1) is 0 Å². The smallest absolute Gasteiger partial charge is 0.315 e. The van der Waals surface area contributed by atoms with Crippen molar-refractivity contribution in [2.75, 3.05) is 18.6 Å². The third kappa shape index (κ3) is 4.93. The van der Waals surface area contributed by atoms with Gasteiger partial charge in [0, 0.05) is 18.8 Å². The van der Waals surface area contributed by atoms with E-state index in [0.717, 1.165) is 10.9 Å². The molecule has 118 valence electrons. The molecule has 1 atom stereocenters. The zero-order valence-corrected chi connectivity index (χ0v) is 13.7. The number of carbonyl (C=O) groups excluding carboxylic acids is 1. The number of urea groups is 1. The van der Waals surface area contributed by atoms with Gasteiger partial charge in [0.1, 0.15) is 0 Å². The number of hydrogen-bond donors (Lipinski definition) is 3. The highest BCUT2D eigenvalue weighted by atomic mass is 32.2. The summed E-state index contributed by atoms with van der Waals surface area (Å²) in [7, 11) is 0. The predicted molar refractivity (Wildman–Crippen MR) is 93.2 cm³/mol. The van der Waals surface area contributed by atoms with E-state index in [1.165, 1.54) is 5.39 Å². The van der Waals surface area contributed by atoms with Gasteiger partial charge in [-0.25, -0.2) is 4.79 Å². The molecule has 0 aliphatic rings. The molecule has 4 nitrogen and oxygen atoms in total. The maximum Gasteiger partial charge on any atom is 0.315 e. The Labute approximate surface area is 135 Å². The van der Waals surface area contributed by atoms with E-state index in [-0.39, 0.29) is 12.6 Å². The van der Waals surface area contributed by atoms with Gasteiger partial charge in [0.2, 0.25) is 0 Å². The molecule has 0 spiro atoms. The van der Waals surface area contributed by atoms with E-state index in [4.69, 9.17) is 0 Å². The number of nitrogens with one attached hydrogen (secondary N) is 2. The lowest BCUT2D eigenvalue weighted by Crippen LogP contribution is -2.45. The van der Waals surface area contributed by atoms with Gasteiger partial charge in [-0.2, -0.15) is 11.8 Å². The Morgan fingerprint density at radius 3 is 2.64 bits per heavy atom. The molecule has 0 heterocycles. The molecule has 2 rings (SSSR count). The molecule has 0 aromatic heterocycles. The predicted octanol–water partition coefficient (Wildman–Crippen LogP) is 2.75.